The van der Waals surface area contributed by atoms with Gasteiger partial charge in [-0.3, -0.25) is 9.59 Å². The fourth-order valence-corrected chi connectivity index (χ4v) is 3.77. The third kappa shape index (κ3) is 5.67. The number of alkyl halides is 3. The van der Waals surface area contributed by atoms with Crippen LogP contribution in [0.4, 0.5) is 24.5 Å². The lowest BCUT2D eigenvalue weighted by atomic mass is 9.98. The number of benzene rings is 1. The van der Waals surface area contributed by atoms with Gasteiger partial charge in [-0.25, -0.2) is 12.7 Å². The van der Waals surface area contributed by atoms with Gasteiger partial charge in [-0.15, -0.1) is 0 Å². The van der Waals surface area contributed by atoms with Crippen LogP contribution in [0.3, 0.4) is 0 Å². The molecule has 1 atom stereocenters. The van der Waals surface area contributed by atoms with Crippen LogP contribution in [-0.4, -0.2) is 43.9 Å². The fourth-order valence-electron chi connectivity index (χ4n) is 2.86. The second kappa shape index (κ2) is 7.85. The Labute approximate surface area is 155 Å². The minimum Gasteiger partial charge on any atom is -0.326 e. The Kier molecular flexibility index (Phi) is 6.15. The first kappa shape index (κ1) is 21.2. The van der Waals surface area contributed by atoms with Crippen LogP contribution in [0, 0.1) is 5.92 Å². The molecule has 0 aromatic heterocycles. The molecule has 1 unspecified atom stereocenters. The average molecular weight is 407 g/mol. The molecular weight excluding hydrogens is 387 g/mol. The number of anilines is 2. The van der Waals surface area contributed by atoms with Gasteiger partial charge >= 0.3 is 6.18 Å². The molecular formula is C16H20F3N3O4S. The van der Waals surface area contributed by atoms with Crippen molar-refractivity contribution in [1.82, 2.24) is 4.31 Å². The lowest BCUT2D eigenvalue weighted by molar-refractivity contribution is -0.137. The van der Waals surface area contributed by atoms with E-state index in [1.807, 2.05) is 0 Å². The Morgan fingerprint density at radius 3 is 2.44 bits per heavy atom. The van der Waals surface area contributed by atoms with E-state index in [2.05, 4.69) is 10.6 Å². The molecule has 1 aliphatic rings. The van der Waals surface area contributed by atoms with Crippen molar-refractivity contribution in [2.24, 2.45) is 5.92 Å². The van der Waals surface area contributed by atoms with E-state index >= 15 is 0 Å². The highest BCUT2D eigenvalue weighted by atomic mass is 32.2. The van der Waals surface area contributed by atoms with Crippen molar-refractivity contribution in [3.05, 3.63) is 23.8 Å². The monoisotopic (exact) mass is 407 g/mol. The van der Waals surface area contributed by atoms with Crippen LogP contribution in [0.15, 0.2) is 18.2 Å². The van der Waals surface area contributed by atoms with E-state index in [1.54, 1.807) is 0 Å². The normalized spacial score (nSPS) is 18.8. The first-order valence-corrected chi connectivity index (χ1v) is 9.97. The summed E-state index contributed by atoms with van der Waals surface area (Å²) in [4.78, 5) is 23.5. The van der Waals surface area contributed by atoms with Gasteiger partial charge < -0.3 is 10.6 Å². The van der Waals surface area contributed by atoms with Crippen molar-refractivity contribution in [1.29, 1.82) is 0 Å². The van der Waals surface area contributed by atoms with Crippen molar-refractivity contribution in [3.8, 4) is 0 Å². The summed E-state index contributed by atoms with van der Waals surface area (Å²) in [5.41, 5.74) is -1.59. The number of hydrogen-bond acceptors (Lipinski definition) is 4. The van der Waals surface area contributed by atoms with Crippen LogP contribution in [-0.2, 0) is 25.8 Å². The second-order valence-electron chi connectivity index (χ2n) is 6.39. The third-order valence-electron chi connectivity index (χ3n) is 4.13. The summed E-state index contributed by atoms with van der Waals surface area (Å²) in [7, 11) is -3.48. The molecule has 2 rings (SSSR count). The zero-order chi connectivity index (χ0) is 20.4. The highest BCUT2D eigenvalue weighted by molar-refractivity contribution is 7.88. The number of rotatable bonds is 4. The number of carbonyl (C=O) groups is 2. The first-order valence-electron chi connectivity index (χ1n) is 8.13. The summed E-state index contributed by atoms with van der Waals surface area (Å²) < 4.78 is 64.4. The molecule has 1 saturated heterocycles. The molecule has 7 nitrogen and oxygen atoms in total. The van der Waals surface area contributed by atoms with Gasteiger partial charge in [0.25, 0.3) is 0 Å². The number of sulfonamides is 1. The Hall–Kier alpha value is -2.14. The summed E-state index contributed by atoms with van der Waals surface area (Å²) in [5, 5.41) is 4.50. The molecule has 0 aliphatic carbocycles. The Morgan fingerprint density at radius 1 is 1.22 bits per heavy atom. The molecule has 1 aromatic rings. The summed E-state index contributed by atoms with van der Waals surface area (Å²) >= 11 is 0. The Bertz CT molecular complexity index is 840. The first-order chi connectivity index (χ1) is 12.4. The standard InChI is InChI=1S/C16H20F3N3O4S/c1-10(23)20-12-5-6-14(13(8-12)16(17,18)19)21-15(24)11-4-3-7-22(9-11)27(2,25)26/h5-6,8,11H,3-4,7,9H2,1-2H3,(H,20,23)(H,21,24). The largest absolute Gasteiger partial charge is 0.418 e. The predicted octanol–water partition coefficient (Wildman–Crippen LogP) is 2.27. The molecule has 150 valence electrons. The van der Waals surface area contributed by atoms with E-state index in [-0.39, 0.29) is 18.8 Å². The summed E-state index contributed by atoms with van der Waals surface area (Å²) in [6.07, 6.45) is -2.90. The van der Waals surface area contributed by atoms with Crippen LogP contribution in [0.2, 0.25) is 0 Å². The molecule has 11 heteroatoms. The Morgan fingerprint density at radius 2 is 1.89 bits per heavy atom. The number of carbonyl (C=O) groups excluding carboxylic acids is 2. The lowest BCUT2D eigenvalue weighted by Gasteiger charge is -2.30. The van der Waals surface area contributed by atoms with Crippen molar-refractivity contribution >= 4 is 33.2 Å². The topological polar surface area (TPSA) is 95.6 Å². The van der Waals surface area contributed by atoms with E-state index in [9.17, 15) is 31.2 Å². The molecule has 1 aromatic carbocycles. The molecule has 1 fully saturated rings. The number of amides is 2. The molecule has 2 amide bonds. The zero-order valence-electron chi connectivity index (χ0n) is 14.8. The van der Waals surface area contributed by atoms with Gasteiger partial charge in [-0.2, -0.15) is 13.2 Å². The average Bonchev–Trinajstić information content (AvgIpc) is 2.54. The van der Waals surface area contributed by atoms with Crippen LogP contribution in [0.5, 0.6) is 0 Å². The van der Waals surface area contributed by atoms with E-state index in [0.717, 1.165) is 22.7 Å². The second-order valence-corrected chi connectivity index (χ2v) is 8.37. The number of nitrogens with zero attached hydrogens (tertiary/aromatic N) is 1. The zero-order valence-corrected chi connectivity index (χ0v) is 15.6. The van der Waals surface area contributed by atoms with E-state index in [0.29, 0.717) is 12.8 Å². The minimum atomic E-state index is -4.75. The van der Waals surface area contributed by atoms with Crippen LogP contribution in [0.1, 0.15) is 25.3 Å². The minimum absolute atomic E-state index is 0.0475. The molecule has 27 heavy (non-hydrogen) atoms. The quantitative estimate of drug-likeness (QED) is 0.801. The predicted molar refractivity (Wildman–Crippen MR) is 93.5 cm³/mol. The van der Waals surface area contributed by atoms with E-state index < -0.39 is 45.2 Å². The number of halogens is 3. The van der Waals surface area contributed by atoms with Gasteiger partial charge in [-0.1, -0.05) is 0 Å². The number of nitrogens with one attached hydrogen (secondary N) is 2. The maximum absolute atomic E-state index is 13.3. The number of hydrogen-bond donors (Lipinski definition) is 2. The highest BCUT2D eigenvalue weighted by Gasteiger charge is 2.36. The maximum atomic E-state index is 13.3. The summed E-state index contributed by atoms with van der Waals surface area (Å²) in [6, 6.07) is 3.04. The van der Waals surface area contributed by atoms with E-state index in [1.165, 1.54) is 13.0 Å². The molecule has 2 N–H and O–H groups in total. The summed E-state index contributed by atoms with van der Waals surface area (Å²) in [5.74, 6) is -1.95. The fraction of sp³-hybridized carbons (Fsp3) is 0.500. The molecule has 0 spiro atoms. The van der Waals surface area contributed by atoms with Gasteiger partial charge in [0.1, 0.15) is 0 Å². The van der Waals surface area contributed by atoms with Gasteiger partial charge in [0.15, 0.2) is 0 Å². The van der Waals surface area contributed by atoms with Crippen LogP contribution in [0.25, 0.3) is 0 Å². The maximum Gasteiger partial charge on any atom is 0.418 e. The molecule has 1 aliphatic heterocycles. The summed E-state index contributed by atoms with van der Waals surface area (Å²) in [6.45, 7) is 1.37. The van der Waals surface area contributed by atoms with Gasteiger partial charge in [0.05, 0.1) is 23.4 Å². The van der Waals surface area contributed by atoms with Gasteiger partial charge in [0.2, 0.25) is 21.8 Å². The van der Waals surface area contributed by atoms with Crippen molar-refractivity contribution in [2.75, 3.05) is 30.0 Å². The molecule has 1 heterocycles. The third-order valence-corrected chi connectivity index (χ3v) is 5.40. The SMILES string of the molecule is CC(=O)Nc1ccc(NC(=O)C2CCCN(S(C)(=O)=O)C2)c(C(F)(F)F)c1. The van der Waals surface area contributed by atoms with Gasteiger partial charge in [-0.05, 0) is 31.0 Å². The van der Waals surface area contributed by atoms with Crippen molar-refractivity contribution in [3.63, 3.8) is 0 Å². The smallest absolute Gasteiger partial charge is 0.326 e. The molecule has 0 radical (unpaired) electrons. The van der Waals surface area contributed by atoms with Crippen LogP contribution >= 0.6 is 0 Å². The van der Waals surface area contributed by atoms with Crippen molar-refractivity contribution < 1.29 is 31.2 Å². The van der Waals surface area contributed by atoms with E-state index in [4.69, 9.17) is 0 Å². The van der Waals surface area contributed by atoms with Crippen molar-refractivity contribution in [2.45, 2.75) is 25.9 Å². The highest BCUT2D eigenvalue weighted by Crippen LogP contribution is 2.37. The van der Waals surface area contributed by atoms with Gasteiger partial charge in [0, 0.05) is 25.7 Å². The molecule has 0 saturated carbocycles. The number of piperidine rings is 1. The lowest BCUT2D eigenvalue weighted by Crippen LogP contribution is -2.43. The van der Waals surface area contributed by atoms with Crippen LogP contribution < -0.4 is 10.6 Å². The Balaban J connectivity index is 2.22. The molecule has 0 bridgehead atoms.